The molecule has 6 heteroatoms. The molecule has 30 heavy (non-hydrogen) atoms. The van der Waals surface area contributed by atoms with Crippen LogP contribution in [-0.2, 0) is 20.7 Å². The van der Waals surface area contributed by atoms with Crippen LogP contribution in [0.2, 0.25) is 0 Å². The molecule has 0 N–H and O–H groups in total. The second-order valence-electron chi connectivity index (χ2n) is 8.35. The second kappa shape index (κ2) is 7.98. The number of Topliss-reactive ketones (excluding diaryl/α,β-unsaturated/α-hetero) is 2. The van der Waals surface area contributed by atoms with E-state index in [9.17, 15) is 14.9 Å². The SMILES string of the molecule is CCc1ccc(Oc2ccc(Br)cc2C#N)cc1C1C(=O)C(C)(C)OC(C)(C)C1=O. The fraction of sp³-hybridized carbons (Fsp3) is 0.375. The van der Waals surface area contributed by atoms with Crippen LogP contribution in [0.15, 0.2) is 40.9 Å². The first-order valence-electron chi connectivity index (χ1n) is 9.79. The van der Waals surface area contributed by atoms with Crippen molar-refractivity contribution < 1.29 is 19.1 Å². The average molecular weight is 470 g/mol. The molecule has 156 valence electrons. The van der Waals surface area contributed by atoms with Gasteiger partial charge in [0.2, 0.25) is 0 Å². The van der Waals surface area contributed by atoms with Crippen molar-refractivity contribution in [3.8, 4) is 17.6 Å². The van der Waals surface area contributed by atoms with Crippen LogP contribution < -0.4 is 4.74 Å². The molecule has 0 unspecified atom stereocenters. The number of ether oxygens (including phenoxy) is 2. The van der Waals surface area contributed by atoms with Gasteiger partial charge in [-0.3, -0.25) is 9.59 Å². The minimum Gasteiger partial charge on any atom is -0.456 e. The fourth-order valence-corrected chi connectivity index (χ4v) is 4.23. The minimum atomic E-state index is -1.08. The Bertz CT molecular complexity index is 1040. The molecule has 1 aliphatic heterocycles. The third kappa shape index (κ3) is 4.05. The van der Waals surface area contributed by atoms with E-state index in [0.717, 1.165) is 10.0 Å². The quantitative estimate of drug-likeness (QED) is 0.553. The lowest BCUT2D eigenvalue weighted by molar-refractivity contribution is -0.184. The first-order chi connectivity index (χ1) is 14.0. The van der Waals surface area contributed by atoms with Crippen LogP contribution in [0.5, 0.6) is 11.5 Å². The molecule has 5 nitrogen and oxygen atoms in total. The molecule has 3 rings (SSSR count). The molecular formula is C24H24BrNO4. The number of hydrogen-bond donors (Lipinski definition) is 0. The molecule has 1 aliphatic rings. The number of ketones is 2. The van der Waals surface area contributed by atoms with E-state index >= 15 is 0 Å². The van der Waals surface area contributed by atoms with E-state index in [-0.39, 0.29) is 11.6 Å². The zero-order chi connectivity index (χ0) is 22.3. The van der Waals surface area contributed by atoms with Crippen molar-refractivity contribution in [1.82, 2.24) is 0 Å². The summed E-state index contributed by atoms with van der Waals surface area (Å²) in [6.07, 6.45) is 0.663. The fourth-order valence-electron chi connectivity index (χ4n) is 3.87. The number of benzene rings is 2. The van der Waals surface area contributed by atoms with Gasteiger partial charge in [-0.1, -0.05) is 28.9 Å². The number of carbonyl (C=O) groups excluding carboxylic acids is 2. The van der Waals surface area contributed by atoms with Crippen molar-refractivity contribution in [2.24, 2.45) is 0 Å². The molecule has 2 aromatic carbocycles. The Morgan fingerprint density at radius 2 is 1.70 bits per heavy atom. The summed E-state index contributed by atoms with van der Waals surface area (Å²) in [6.45, 7) is 8.77. The monoisotopic (exact) mass is 469 g/mol. The van der Waals surface area contributed by atoms with Crippen LogP contribution in [0.3, 0.4) is 0 Å². The first-order valence-corrected chi connectivity index (χ1v) is 10.6. The lowest BCUT2D eigenvalue weighted by Gasteiger charge is -2.43. The molecule has 0 saturated carbocycles. The Balaban J connectivity index is 2.08. The lowest BCUT2D eigenvalue weighted by Crippen LogP contribution is -2.58. The summed E-state index contributed by atoms with van der Waals surface area (Å²) < 4.78 is 12.5. The molecule has 0 spiro atoms. The van der Waals surface area contributed by atoms with Gasteiger partial charge in [0, 0.05) is 4.47 Å². The molecule has 1 saturated heterocycles. The Hall–Kier alpha value is -2.49. The lowest BCUT2D eigenvalue weighted by atomic mass is 9.73. The standard InChI is InChI=1S/C24H24BrNO4/c1-6-14-7-9-17(29-19-10-8-16(25)11-15(19)13-26)12-18(14)20-21(27)23(2,3)30-24(4,5)22(20)28/h7-12,20H,6H2,1-5H3. The van der Waals surface area contributed by atoms with Crippen molar-refractivity contribution in [3.05, 3.63) is 57.6 Å². The largest absolute Gasteiger partial charge is 0.456 e. The third-order valence-electron chi connectivity index (χ3n) is 5.32. The van der Waals surface area contributed by atoms with Gasteiger partial charge in [-0.15, -0.1) is 0 Å². The summed E-state index contributed by atoms with van der Waals surface area (Å²) >= 11 is 3.35. The Morgan fingerprint density at radius 3 is 2.27 bits per heavy atom. The highest BCUT2D eigenvalue weighted by Crippen LogP contribution is 2.41. The number of halogens is 1. The average Bonchev–Trinajstić information content (AvgIpc) is 2.68. The summed E-state index contributed by atoms with van der Waals surface area (Å²) in [5, 5.41) is 9.39. The predicted octanol–water partition coefficient (Wildman–Crippen LogP) is 5.48. The van der Waals surface area contributed by atoms with E-state index in [0.29, 0.717) is 29.0 Å². The maximum atomic E-state index is 13.2. The van der Waals surface area contributed by atoms with Gasteiger partial charge in [-0.05, 0) is 75.6 Å². The number of nitriles is 1. The summed E-state index contributed by atoms with van der Waals surface area (Å²) in [6, 6.07) is 12.7. The minimum absolute atomic E-state index is 0.264. The Labute approximate surface area is 185 Å². The Kier molecular flexibility index (Phi) is 5.90. The van der Waals surface area contributed by atoms with Crippen LogP contribution in [0.1, 0.15) is 57.2 Å². The molecule has 2 aromatic rings. The van der Waals surface area contributed by atoms with Gasteiger partial charge >= 0.3 is 0 Å². The van der Waals surface area contributed by atoms with Gasteiger partial charge in [0.05, 0.1) is 5.56 Å². The van der Waals surface area contributed by atoms with Crippen molar-refractivity contribution in [3.63, 3.8) is 0 Å². The van der Waals surface area contributed by atoms with Crippen LogP contribution in [0.25, 0.3) is 0 Å². The zero-order valence-electron chi connectivity index (χ0n) is 17.7. The van der Waals surface area contributed by atoms with Crippen molar-refractivity contribution in [2.45, 2.75) is 58.2 Å². The third-order valence-corrected chi connectivity index (χ3v) is 5.81. The molecule has 0 bridgehead atoms. The van der Waals surface area contributed by atoms with E-state index in [2.05, 4.69) is 22.0 Å². The van der Waals surface area contributed by atoms with E-state index in [4.69, 9.17) is 9.47 Å². The van der Waals surface area contributed by atoms with Gasteiger partial charge in [0.25, 0.3) is 0 Å². The highest BCUT2D eigenvalue weighted by molar-refractivity contribution is 9.10. The van der Waals surface area contributed by atoms with E-state index in [1.54, 1.807) is 58.0 Å². The normalized spacial score (nSPS) is 18.2. The van der Waals surface area contributed by atoms with Gasteiger partial charge in [0.1, 0.15) is 34.7 Å². The Morgan fingerprint density at radius 1 is 1.07 bits per heavy atom. The van der Waals surface area contributed by atoms with Crippen molar-refractivity contribution >= 4 is 27.5 Å². The summed E-state index contributed by atoms with van der Waals surface area (Å²) in [5.74, 6) is -0.590. The van der Waals surface area contributed by atoms with Gasteiger partial charge < -0.3 is 9.47 Å². The van der Waals surface area contributed by atoms with E-state index < -0.39 is 17.1 Å². The summed E-state index contributed by atoms with van der Waals surface area (Å²) in [4.78, 5) is 26.4. The molecular weight excluding hydrogens is 446 g/mol. The number of aryl methyl sites for hydroxylation is 1. The highest BCUT2D eigenvalue weighted by atomic mass is 79.9. The zero-order valence-corrected chi connectivity index (χ0v) is 19.3. The molecule has 0 radical (unpaired) electrons. The van der Waals surface area contributed by atoms with Crippen LogP contribution in [0.4, 0.5) is 0 Å². The van der Waals surface area contributed by atoms with Crippen molar-refractivity contribution in [2.75, 3.05) is 0 Å². The predicted molar refractivity (Wildman–Crippen MR) is 117 cm³/mol. The van der Waals surface area contributed by atoms with Crippen LogP contribution >= 0.6 is 15.9 Å². The molecule has 0 amide bonds. The van der Waals surface area contributed by atoms with Crippen LogP contribution in [0, 0.1) is 11.3 Å². The molecule has 1 heterocycles. The molecule has 0 aromatic heterocycles. The number of nitrogens with zero attached hydrogens (tertiary/aromatic N) is 1. The van der Waals surface area contributed by atoms with Gasteiger partial charge in [-0.25, -0.2) is 0 Å². The number of carbonyl (C=O) groups is 2. The van der Waals surface area contributed by atoms with E-state index in [1.807, 2.05) is 13.0 Å². The number of hydrogen-bond acceptors (Lipinski definition) is 5. The smallest absolute Gasteiger partial charge is 0.179 e. The van der Waals surface area contributed by atoms with Gasteiger partial charge in [0.15, 0.2) is 11.6 Å². The maximum absolute atomic E-state index is 13.2. The summed E-state index contributed by atoms with van der Waals surface area (Å²) in [5.41, 5.74) is -0.248. The number of rotatable bonds is 4. The molecule has 0 atom stereocenters. The summed E-state index contributed by atoms with van der Waals surface area (Å²) in [7, 11) is 0. The molecule has 0 aliphatic carbocycles. The van der Waals surface area contributed by atoms with E-state index in [1.165, 1.54) is 0 Å². The van der Waals surface area contributed by atoms with Gasteiger partial charge in [-0.2, -0.15) is 5.26 Å². The first kappa shape index (κ1) is 22.2. The van der Waals surface area contributed by atoms with Crippen LogP contribution in [-0.4, -0.2) is 22.8 Å². The maximum Gasteiger partial charge on any atom is 0.179 e. The topological polar surface area (TPSA) is 76.4 Å². The second-order valence-corrected chi connectivity index (χ2v) is 9.27. The van der Waals surface area contributed by atoms with Crippen molar-refractivity contribution in [1.29, 1.82) is 5.26 Å². The molecule has 1 fully saturated rings. The highest BCUT2D eigenvalue weighted by Gasteiger charge is 2.53.